The maximum absolute atomic E-state index is 8.89. The molecule has 2 N–H and O–H groups in total. The van der Waals surface area contributed by atoms with Crippen LogP contribution >= 0.6 is 0 Å². The molecule has 0 bridgehead atoms. The number of ether oxygens (including phenoxy) is 1. The molecule has 0 aromatic rings. The standard InChI is InChI=1S/C14H30N2O2/c1-3-7-15-11-14(6-4-10-18-13-14)12-16(2)8-5-9-17/h15,17H,3-13H2,1-2H3. The van der Waals surface area contributed by atoms with Crippen molar-refractivity contribution in [3.63, 3.8) is 0 Å². The number of hydrogen-bond acceptors (Lipinski definition) is 4. The lowest BCUT2D eigenvalue weighted by Gasteiger charge is -2.40. The summed E-state index contributed by atoms with van der Waals surface area (Å²) in [6.07, 6.45) is 4.45. The van der Waals surface area contributed by atoms with E-state index in [9.17, 15) is 0 Å². The zero-order valence-corrected chi connectivity index (χ0v) is 12.1. The molecule has 0 amide bonds. The SMILES string of the molecule is CCCNCC1(CN(C)CCCO)CCCOC1. The number of nitrogens with one attached hydrogen (secondary N) is 1. The van der Waals surface area contributed by atoms with Gasteiger partial charge in [0.2, 0.25) is 0 Å². The van der Waals surface area contributed by atoms with Gasteiger partial charge in [-0.25, -0.2) is 0 Å². The van der Waals surface area contributed by atoms with Gasteiger partial charge in [0, 0.05) is 38.3 Å². The van der Waals surface area contributed by atoms with Gasteiger partial charge in [-0.15, -0.1) is 0 Å². The van der Waals surface area contributed by atoms with Crippen molar-refractivity contribution >= 4 is 0 Å². The van der Waals surface area contributed by atoms with Gasteiger partial charge in [-0.2, -0.15) is 0 Å². The largest absolute Gasteiger partial charge is 0.396 e. The second kappa shape index (κ2) is 8.86. The highest BCUT2D eigenvalue weighted by molar-refractivity contribution is 4.86. The van der Waals surface area contributed by atoms with Crippen molar-refractivity contribution in [3.05, 3.63) is 0 Å². The van der Waals surface area contributed by atoms with E-state index in [4.69, 9.17) is 9.84 Å². The summed E-state index contributed by atoms with van der Waals surface area (Å²) in [5.41, 5.74) is 0.262. The van der Waals surface area contributed by atoms with Crippen LogP contribution < -0.4 is 5.32 Å². The first-order valence-corrected chi connectivity index (χ1v) is 7.30. The molecule has 1 atom stereocenters. The summed E-state index contributed by atoms with van der Waals surface area (Å²) < 4.78 is 5.71. The van der Waals surface area contributed by atoms with E-state index < -0.39 is 0 Å². The monoisotopic (exact) mass is 258 g/mol. The third-order valence-corrected chi connectivity index (χ3v) is 3.63. The van der Waals surface area contributed by atoms with E-state index in [0.29, 0.717) is 0 Å². The van der Waals surface area contributed by atoms with Crippen LogP contribution in [0, 0.1) is 5.41 Å². The Labute approximate surface area is 112 Å². The molecule has 0 aromatic carbocycles. The Balaban J connectivity index is 2.42. The van der Waals surface area contributed by atoms with Gasteiger partial charge in [-0.1, -0.05) is 6.92 Å². The van der Waals surface area contributed by atoms with Crippen LogP contribution in [-0.4, -0.2) is 63.1 Å². The van der Waals surface area contributed by atoms with E-state index in [0.717, 1.165) is 45.8 Å². The third-order valence-electron chi connectivity index (χ3n) is 3.63. The number of rotatable bonds is 9. The average molecular weight is 258 g/mol. The smallest absolute Gasteiger partial charge is 0.0546 e. The fourth-order valence-corrected chi connectivity index (χ4v) is 2.75. The van der Waals surface area contributed by atoms with Gasteiger partial charge in [0.05, 0.1) is 6.61 Å². The van der Waals surface area contributed by atoms with Gasteiger partial charge in [-0.3, -0.25) is 0 Å². The Hall–Kier alpha value is -0.160. The number of aliphatic hydroxyl groups is 1. The Morgan fingerprint density at radius 3 is 2.89 bits per heavy atom. The molecule has 4 heteroatoms. The van der Waals surface area contributed by atoms with Crippen LogP contribution in [0.2, 0.25) is 0 Å². The van der Waals surface area contributed by atoms with Crippen LogP contribution in [0.25, 0.3) is 0 Å². The van der Waals surface area contributed by atoms with Gasteiger partial charge < -0.3 is 20.1 Å². The molecule has 1 unspecified atom stereocenters. The van der Waals surface area contributed by atoms with Crippen LogP contribution in [0.3, 0.4) is 0 Å². The van der Waals surface area contributed by atoms with Crippen molar-refractivity contribution in [3.8, 4) is 0 Å². The first kappa shape index (κ1) is 15.9. The lowest BCUT2D eigenvalue weighted by atomic mass is 9.81. The predicted molar refractivity (Wildman–Crippen MR) is 74.8 cm³/mol. The van der Waals surface area contributed by atoms with E-state index >= 15 is 0 Å². The molecule has 0 aromatic heterocycles. The molecule has 1 heterocycles. The highest BCUT2D eigenvalue weighted by atomic mass is 16.5. The zero-order valence-electron chi connectivity index (χ0n) is 12.1. The molecule has 1 fully saturated rings. The third kappa shape index (κ3) is 5.65. The van der Waals surface area contributed by atoms with E-state index in [1.54, 1.807) is 0 Å². The molecule has 108 valence electrons. The van der Waals surface area contributed by atoms with E-state index in [-0.39, 0.29) is 12.0 Å². The van der Waals surface area contributed by atoms with Gasteiger partial charge in [0.15, 0.2) is 0 Å². The maximum atomic E-state index is 8.89. The Morgan fingerprint density at radius 1 is 1.44 bits per heavy atom. The second-order valence-corrected chi connectivity index (χ2v) is 5.65. The molecule has 1 saturated heterocycles. The van der Waals surface area contributed by atoms with Gasteiger partial charge in [0.1, 0.15) is 0 Å². The summed E-state index contributed by atoms with van der Waals surface area (Å²) in [7, 11) is 2.14. The van der Waals surface area contributed by atoms with E-state index in [2.05, 4.69) is 24.2 Å². The molecule has 4 nitrogen and oxygen atoms in total. The lowest BCUT2D eigenvalue weighted by molar-refractivity contribution is -0.0230. The number of aliphatic hydroxyl groups excluding tert-OH is 1. The zero-order chi connectivity index (χ0) is 13.3. The number of nitrogens with zero attached hydrogens (tertiary/aromatic N) is 1. The fourth-order valence-electron chi connectivity index (χ4n) is 2.75. The van der Waals surface area contributed by atoms with Crippen LogP contribution in [0.15, 0.2) is 0 Å². The van der Waals surface area contributed by atoms with Crippen molar-refractivity contribution < 1.29 is 9.84 Å². The molecule has 0 aliphatic carbocycles. The molecular weight excluding hydrogens is 228 g/mol. The predicted octanol–water partition coefficient (Wildman–Crippen LogP) is 1.10. The number of hydrogen-bond donors (Lipinski definition) is 2. The summed E-state index contributed by atoms with van der Waals surface area (Å²) in [4.78, 5) is 2.33. The molecule has 1 rings (SSSR count). The molecule has 1 aliphatic heterocycles. The average Bonchev–Trinajstić information content (AvgIpc) is 2.38. The van der Waals surface area contributed by atoms with Crippen molar-refractivity contribution in [1.82, 2.24) is 10.2 Å². The lowest BCUT2D eigenvalue weighted by Crippen LogP contribution is -2.48. The van der Waals surface area contributed by atoms with Crippen molar-refractivity contribution in [2.75, 3.05) is 53.0 Å². The van der Waals surface area contributed by atoms with Gasteiger partial charge in [0.25, 0.3) is 0 Å². The minimum atomic E-state index is 0.262. The second-order valence-electron chi connectivity index (χ2n) is 5.65. The highest BCUT2D eigenvalue weighted by Crippen LogP contribution is 2.28. The maximum Gasteiger partial charge on any atom is 0.0546 e. The Bertz CT molecular complexity index is 206. The van der Waals surface area contributed by atoms with Crippen molar-refractivity contribution in [2.24, 2.45) is 5.41 Å². The molecule has 0 radical (unpaired) electrons. The molecule has 0 spiro atoms. The molecule has 18 heavy (non-hydrogen) atoms. The van der Waals surface area contributed by atoms with E-state index in [1.165, 1.54) is 19.3 Å². The Kier molecular flexibility index (Phi) is 7.82. The Morgan fingerprint density at radius 2 is 2.28 bits per heavy atom. The molecular formula is C14H30N2O2. The van der Waals surface area contributed by atoms with Gasteiger partial charge >= 0.3 is 0 Å². The minimum absolute atomic E-state index is 0.262. The van der Waals surface area contributed by atoms with Crippen molar-refractivity contribution in [1.29, 1.82) is 0 Å². The summed E-state index contributed by atoms with van der Waals surface area (Å²) in [6.45, 7) is 8.41. The van der Waals surface area contributed by atoms with Crippen LogP contribution in [0.4, 0.5) is 0 Å². The van der Waals surface area contributed by atoms with Crippen LogP contribution in [0.1, 0.15) is 32.6 Å². The summed E-state index contributed by atoms with van der Waals surface area (Å²) in [6, 6.07) is 0. The minimum Gasteiger partial charge on any atom is -0.396 e. The summed E-state index contributed by atoms with van der Waals surface area (Å²) >= 11 is 0. The van der Waals surface area contributed by atoms with Crippen molar-refractivity contribution in [2.45, 2.75) is 32.6 Å². The molecule has 0 saturated carbocycles. The summed E-state index contributed by atoms with van der Waals surface area (Å²) in [5, 5.41) is 12.4. The van der Waals surface area contributed by atoms with Gasteiger partial charge in [-0.05, 0) is 39.3 Å². The van der Waals surface area contributed by atoms with Crippen LogP contribution in [0.5, 0.6) is 0 Å². The topological polar surface area (TPSA) is 44.7 Å². The first-order valence-electron chi connectivity index (χ1n) is 7.30. The quantitative estimate of drug-likeness (QED) is 0.608. The first-order chi connectivity index (χ1) is 8.72. The highest BCUT2D eigenvalue weighted by Gasteiger charge is 2.33. The fraction of sp³-hybridized carbons (Fsp3) is 1.00. The van der Waals surface area contributed by atoms with Crippen LogP contribution in [-0.2, 0) is 4.74 Å². The summed E-state index contributed by atoms with van der Waals surface area (Å²) in [5.74, 6) is 0. The molecule has 1 aliphatic rings. The normalized spacial score (nSPS) is 24.7. The van der Waals surface area contributed by atoms with E-state index in [1.807, 2.05) is 0 Å².